The van der Waals surface area contributed by atoms with Crippen molar-refractivity contribution in [2.24, 2.45) is 11.3 Å². The molecule has 4 atom stereocenters. The molecule has 4 aliphatic rings. The molecule has 2 unspecified atom stereocenters. The van der Waals surface area contributed by atoms with E-state index in [1.807, 2.05) is 0 Å². The molecule has 0 N–H and O–H groups in total. The number of esters is 1. The minimum atomic E-state index is -0.262. The zero-order valence-corrected chi connectivity index (χ0v) is 12.7. The third-order valence-electron chi connectivity index (χ3n) is 5.42. The number of anilines is 1. The summed E-state index contributed by atoms with van der Waals surface area (Å²) in [7, 11) is 1.50. The van der Waals surface area contributed by atoms with Crippen LogP contribution in [0.25, 0.3) is 0 Å². The van der Waals surface area contributed by atoms with Crippen molar-refractivity contribution in [3.63, 3.8) is 0 Å². The van der Waals surface area contributed by atoms with Crippen LogP contribution in [0, 0.1) is 11.3 Å². The summed E-state index contributed by atoms with van der Waals surface area (Å²) in [4.78, 5) is 23.2. The van der Waals surface area contributed by atoms with Gasteiger partial charge in [0.1, 0.15) is 11.0 Å². The molecule has 1 aromatic heterocycles. The lowest BCUT2D eigenvalue weighted by atomic mass is 9.55. The van der Waals surface area contributed by atoms with Gasteiger partial charge in [0, 0.05) is 12.1 Å². The lowest BCUT2D eigenvalue weighted by Gasteiger charge is -2.60. The number of hydrogen-bond donors (Lipinski definition) is 0. The molecule has 0 amide bonds. The van der Waals surface area contributed by atoms with Gasteiger partial charge in [0.15, 0.2) is 0 Å². The molecule has 2 saturated heterocycles. The van der Waals surface area contributed by atoms with Gasteiger partial charge in [0.25, 0.3) is 0 Å². The van der Waals surface area contributed by atoms with Gasteiger partial charge in [0.05, 0.1) is 24.9 Å². The number of carbonyl (C=O) groups is 1. The van der Waals surface area contributed by atoms with Crippen LogP contribution in [0.5, 0.6) is 0 Å². The number of hydrogen-bond acceptors (Lipinski definition) is 5. The third kappa shape index (κ3) is 1.94. The highest BCUT2D eigenvalue weighted by Gasteiger charge is 2.58. The van der Waals surface area contributed by atoms with Gasteiger partial charge in [-0.15, -0.1) is 0 Å². The van der Waals surface area contributed by atoms with E-state index in [0.717, 1.165) is 37.9 Å². The van der Waals surface area contributed by atoms with Crippen molar-refractivity contribution >= 4 is 23.4 Å². The molecule has 2 aliphatic heterocycles. The van der Waals surface area contributed by atoms with Gasteiger partial charge in [-0.1, -0.05) is 11.6 Å². The summed E-state index contributed by atoms with van der Waals surface area (Å²) < 4.78 is 5.09. The molecule has 2 saturated carbocycles. The fourth-order valence-corrected chi connectivity index (χ4v) is 5.00. The molecular weight excluding hydrogens is 290 g/mol. The Morgan fingerprint density at radius 3 is 2.57 bits per heavy atom. The number of methoxy groups -OCH3 is 1. The maximum absolute atomic E-state index is 12.3. The van der Waals surface area contributed by atoms with Crippen molar-refractivity contribution in [3.8, 4) is 0 Å². The van der Waals surface area contributed by atoms with Gasteiger partial charge < -0.3 is 9.64 Å². The van der Waals surface area contributed by atoms with Crippen LogP contribution in [-0.4, -0.2) is 35.1 Å². The van der Waals surface area contributed by atoms with Crippen molar-refractivity contribution < 1.29 is 9.53 Å². The summed E-state index contributed by atoms with van der Waals surface area (Å²) in [6.45, 7) is 0. The summed E-state index contributed by atoms with van der Waals surface area (Å²) in [6.07, 6.45) is 8.35. The third-order valence-corrected chi connectivity index (χ3v) is 5.61. The Morgan fingerprint density at radius 1 is 1.29 bits per heavy atom. The zero-order chi connectivity index (χ0) is 14.6. The summed E-state index contributed by atoms with van der Waals surface area (Å²) in [5.74, 6) is 1.50. The normalized spacial score (nSPS) is 36.9. The van der Waals surface area contributed by atoms with E-state index in [-0.39, 0.29) is 11.4 Å². The Bertz CT molecular complexity index is 561. The maximum atomic E-state index is 12.3. The zero-order valence-electron chi connectivity index (χ0n) is 12.0. The number of carbonyl (C=O) groups excluding carboxylic acids is 1. The molecule has 3 heterocycles. The van der Waals surface area contributed by atoms with Crippen LogP contribution < -0.4 is 4.90 Å². The highest BCUT2D eigenvalue weighted by molar-refractivity contribution is 6.29. The highest BCUT2D eigenvalue weighted by Crippen LogP contribution is 2.57. The van der Waals surface area contributed by atoms with E-state index in [0.29, 0.717) is 23.2 Å². The number of nitrogens with zero attached hydrogens (tertiary/aromatic N) is 3. The molecule has 2 aliphatic carbocycles. The molecule has 4 bridgehead atoms. The van der Waals surface area contributed by atoms with E-state index in [9.17, 15) is 4.79 Å². The van der Waals surface area contributed by atoms with E-state index in [4.69, 9.17) is 16.3 Å². The molecule has 5 nitrogen and oxygen atoms in total. The second-order valence-corrected chi connectivity index (χ2v) is 7.02. The first-order chi connectivity index (χ1) is 10.1. The van der Waals surface area contributed by atoms with Gasteiger partial charge in [0.2, 0.25) is 0 Å². The first-order valence-corrected chi connectivity index (χ1v) is 7.83. The quantitative estimate of drug-likeness (QED) is 0.786. The standard InChI is InChI=1S/C15H18ClN3O2/c1-21-14(20)15-4-9-2-10(5-15)19(11(3-9)6-15)13-8-17-12(16)7-18-13/h7-11H,2-6H2,1H3/t9?,10-,11+,15?. The Morgan fingerprint density at radius 2 is 2.00 bits per heavy atom. The van der Waals surface area contributed by atoms with Crippen molar-refractivity contribution in [2.45, 2.75) is 44.2 Å². The molecule has 5 rings (SSSR count). The molecule has 1 aromatic rings. The molecule has 112 valence electrons. The summed E-state index contributed by atoms with van der Waals surface area (Å²) in [5.41, 5.74) is -0.262. The van der Waals surface area contributed by atoms with Crippen LogP contribution in [0.4, 0.5) is 5.82 Å². The van der Waals surface area contributed by atoms with Crippen LogP contribution in [0.2, 0.25) is 5.15 Å². The largest absolute Gasteiger partial charge is 0.469 e. The Labute approximate surface area is 128 Å². The van der Waals surface area contributed by atoms with E-state index in [1.54, 1.807) is 12.4 Å². The monoisotopic (exact) mass is 307 g/mol. The van der Waals surface area contributed by atoms with Crippen LogP contribution >= 0.6 is 11.6 Å². The number of piperidine rings is 2. The second kappa shape index (κ2) is 4.57. The van der Waals surface area contributed by atoms with Crippen LogP contribution in [0.15, 0.2) is 12.4 Å². The summed E-state index contributed by atoms with van der Waals surface area (Å²) in [6, 6.07) is 0.733. The smallest absolute Gasteiger partial charge is 0.311 e. The minimum absolute atomic E-state index is 0.0243. The Kier molecular flexibility index (Phi) is 2.89. The number of aromatic nitrogens is 2. The van der Waals surface area contributed by atoms with Gasteiger partial charge in [-0.2, -0.15) is 0 Å². The fraction of sp³-hybridized carbons (Fsp3) is 0.667. The van der Waals surface area contributed by atoms with Crippen molar-refractivity contribution in [1.29, 1.82) is 0 Å². The molecule has 4 fully saturated rings. The molecular formula is C15H18ClN3O2. The second-order valence-electron chi connectivity index (χ2n) is 6.63. The predicted molar refractivity (Wildman–Crippen MR) is 78.1 cm³/mol. The Balaban J connectivity index is 1.67. The topological polar surface area (TPSA) is 55.3 Å². The van der Waals surface area contributed by atoms with Crippen LogP contribution in [0.3, 0.4) is 0 Å². The average molecular weight is 308 g/mol. The number of ether oxygens (including phenoxy) is 1. The summed E-state index contributed by atoms with van der Waals surface area (Å²) in [5, 5.41) is 0.412. The number of halogens is 1. The van der Waals surface area contributed by atoms with Gasteiger partial charge >= 0.3 is 5.97 Å². The van der Waals surface area contributed by atoms with Crippen LogP contribution in [0.1, 0.15) is 32.1 Å². The van der Waals surface area contributed by atoms with Crippen LogP contribution in [-0.2, 0) is 9.53 Å². The first-order valence-electron chi connectivity index (χ1n) is 7.45. The first kappa shape index (κ1) is 13.3. The predicted octanol–water partition coefficient (Wildman–Crippen LogP) is 2.44. The lowest BCUT2D eigenvalue weighted by molar-refractivity contribution is -0.162. The van der Waals surface area contributed by atoms with Gasteiger partial charge in [-0.05, 0) is 38.0 Å². The minimum Gasteiger partial charge on any atom is -0.469 e. The molecule has 21 heavy (non-hydrogen) atoms. The fourth-order valence-electron chi connectivity index (χ4n) is 4.91. The number of rotatable bonds is 2. The van der Waals surface area contributed by atoms with Gasteiger partial charge in [-0.3, -0.25) is 4.79 Å². The molecule has 6 heteroatoms. The van der Waals surface area contributed by atoms with E-state index >= 15 is 0 Å². The van der Waals surface area contributed by atoms with Crippen molar-refractivity contribution in [2.75, 3.05) is 12.0 Å². The lowest BCUT2D eigenvalue weighted by Crippen LogP contribution is -2.64. The Hall–Kier alpha value is -1.36. The van der Waals surface area contributed by atoms with E-state index < -0.39 is 0 Å². The maximum Gasteiger partial charge on any atom is 0.311 e. The molecule has 0 spiro atoms. The van der Waals surface area contributed by atoms with Gasteiger partial charge in [-0.25, -0.2) is 9.97 Å². The summed E-state index contributed by atoms with van der Waals surface area (Å²) >= 11 is 5.83. The molecule has 0 radical (unpaired) electrons. The van der Waals surface area contributed by atoms with E-state index in [1.165, 1.54) is 7.11 Å². The molecule has 0 aromatic carbocycles. The van der Waals surface area contributed by atoms with E-state index in [2.05, 4.69) is 14.9 Å². The van der Waals surface area contributed by atoms with Crippen molar-refractivity contribution in [1.82, 2.24) is 9.97 Å². The van der Waals surface area contributed by atoms with Crippen molar-refractivity contribution in [3.05, 3.63) is 17.5 Å². The highest BCUT2D eigenvalue weighted by atomic mass is 35.5. The SMILES string of the molecule is COC(=O)C12CC3C[C@H](C1)N(c1cnc(Cl)cn1)[C@@H](C3)C2. The average Bonchev–Trinajstić information content (AvgIpc) is 2.47.